The van der Waals surface area contributed by atoms with Gasteiger partial charge in [-0.1, -0.05) is 50.1 Å². The van der Waals surface area contributed by atoms with Crippen LogP contribution in [0.5, 0.6) is 0 Å². The molecule has 2 nitrogen and oxygen atoms in total. The van der Waals surface area contributed by atoms with E-state index in [-0.39, 0.29) is 12.0 Å². The zero-order chi connectivity index (χ0) is 14.0. The minimum atomic E-state index is -0.131. The lowest BCUT2D eigenvalue weighted by atomic mass is 9.81. The van der Waals surface area contributed by atoms with E-state index in [4.69, 9.17) is 0 Å². The second-order valence-electron chi connectivity index (χ2n) is 6.96. The minimum Gasteiger partial charge on any atom is -0.395 e. The molecule has 0 amide bonds. The summed E-state index contributed by atoms with van der Waals surface area (Å²) in [5.41, 5.74) is 1.13. The molecule has 1 aliphatic carbocycles. The summed E-state index contributed by atoms with van der Waals surface area (Å²) in [4.78, 5) is 2.66. The van der Waals surface area contributed by atoms with E-state index in [1.807, 2.05) is 6.07 Å². The quantitative estimate of drug-likeness (QED) is 0.910. The second kappa shape index (κ2) is 5.87. The molecule has 20 heavy (non-hydrogen) atoms. The standard InChI is InChI=1S/C18H27NO/c1-18(14-20,16-8-3-2-4-9-16)13-19-12-11-15-7-5-6-10-17(15)19/h2-4,8-9,15,17,20H,5-7,10-14H2,1H3. The zero-order valence-corrected chi connectivity index (χ0v) is 12.6. The molecule has 3 unspecified atom stereocenters. The predicted molar refractivity (Wildman–Crippen MR) is 82.8 cm³/mol. The van der Waals surface area contributed by atoms with Crippen LogP contribution in [0.25, 0.3) is 0 Å². The van der Waals surface area contributed by atoms with Gasteiger partial charge in [-0.3, -0.25) is 4.90 Å². The number of aliphatic hydroxyl groups is 1. The number of hydrogen-bond donors (Lipinski definition) is 1. The van der Waals surface area contributed by atoms with Gasteiger partial charge < -0.3 is 5.11 Å². The molecule has 1 heterocycles. The number of aliphatic hydroxyl groups excluding tert-OH is 1. The number of benzene rings is 1. The maximum Gasteiger partial charge on any atom is 0.0537 e. The van der Waals surface area contributed by atoms with Gasteiger partial charge in [0.15, 0.2) is 0 Å². The molecule has 0 spiro atoms. The predicted octanol–water partition coefficient (Wildman–Crippen LogP) is 3.20. The van der Waals surface area contributed by atoms with Gasteiger partial charge >= 0.3 is 0 Å². The van der Waals surface area contributed by atoms with Crippen LogP contribution in [-0.2, 0) is 5.41 Å². The number of hydrogen-bond acceptors (Lipinski definition) is 2. The molecule has 1 aliphatic heterocycles. The summed E-state index contributed by atoms with van der Waals surface area (Å²) >= 11 is 0. The third kappa shape index (κ3) is 2.64. The van der Waals surface area contributed by atoms with Crippen molar-refractivity contribution in [3.8, 4) is 0 Å². The minimum absolute atomic E-state index is 0.131. The highest BCUT2D eigenvalue weighted by Gasteiger charge is 2.39. The molecule has 0 aromatic heterocycles. The van der Waals surface area contributed by atoms with Crippen LogP contribution in [0.15, 0.2) is 30.3 Å². The SMILES string of the molecule is CC(CO)(CN1CCC2CCCCC21)c1ccccc1. The summed E-state index contributed by atoms with van der Waals surface area (Å²) in [6, 6.07) is 11.3. The normalized spacial score (nSPS) is 29.9. The molecule has 2 fully saturated rings. The zero-order valence-electron chi connectivity index (χ0n) is 12.6. The summed E-state index contributed by atoms with van der Waals surface area (Å²) in [5.74, 6) is 0.919. The van der Waals surface area contributed by atoms with Crippen LogP contribution in [0.1, 0.15) is 44.6 Å². The molecule has 0 radical (unpaired) electrons. The summed E-state index contributed by atoms with van der Waals surface area (Å²) in [5, 5.41) is 9.97. The smallest absolute Gasteiger partial charge is 0.0537 e. The van der Waals surface area contributed by atoms with E-state index in [0.717, 1.165) is 18.5 Å². The molecule has 1 saturated carbocycles. The van der Waals surface area contributed by atoms with Crippen LogP contribution >= 0.6 is 0 Å². The summed E-state index contributed by atoms with van der Waals surface area (Å²) in [6.45, 7) is 4.65. The lowest BCUT2D eigenvalue weighted by molar-refractivity contribution is 0.114. The molecule has 1 saturated heterocycles. The molecule has 3 rings (SSSR count). The summed E-state index contributed by atoms with van der Waals surface area (Å²) in [7, 11) is 0. The summed E-state index contributed by atoms with van der Waals surface area (Å²) < 4.78 is 0. The highest BCUT2D eigenvalue weighted by atomic mass is 16.3. The van der Waals surface area contributed by atoms with Crippen LogP contribution in [0, 0.1) is 5.92 Å². The first-order valence-electron chi connectivity index (χ1n) is 8.13. The van der Waals surface area contributed by atoms with Gasteiger partial charge in [-0.25, -0.2) is 0 Å². The van der Waals surface area contributed by atoms with Crippen LogP contribution < -0.4 is 0 Å². The number of rotatable bonds is 4. The van der Waals surface area contributed by atoms with E-state index in [9.17, 15) is 5.11 Å². The van der Waals surface area contributed by atoms with Crippen molar-refractivity contribution in [2.45, 2.75) is 50.5 Å². The maximum absolute atomic E-state index is 9.97. The van der Waals surface area contributed by atoms with E-state index in [1.165, 1.54) is 44.2 Å². The van der Waals surface area contributed by atoms with Gasteiger partial charge in [0.05, 0.1) is 6.61 Å². The molecule has 2 heteroatoms. The van der Waals surface area contributed by atoms with Gasteiger partial charge in [-0.15, -0.1) is 0 Å². The third-order valence-electron chi connectivity index (χ3n) is 5.50. The Balaban J connectivity index is 1.75. The molecule has 3 atom stereocenters. The van der Waals surface area contributed by atoms with Gasteiger partial charge in [0.25, 0.3) is 0 Å². The van der Waals surface area contributed by atoms with Crippen LogP contribution in [-0.4, -0.2) is 35.7 Å². The lowest BCUT2D eigenvalue weighted by Gasteiger charge is -2.38. The Morgan fingerprint density at radius 3 is 2.65 bits per heavy atom. The third-order valence-corrected chi connectivity index (χ3v) is 5.50. The van der Waals surface area contributed by atoms with E-state index >= 15 is 0 Å². The van der Waals surface area contributed by atoms with Crippen LogP contribution in [0.3, 0.4) is 0 Å². The van der Waals surface area contributed by atoms with Gasteiger partial charge in [-0.05, 0) is 37.3 Å². The Morgan fingerprint density at radius 1 is 1.15 bits per heavy atom. The first kappa shape index (κ1) is 14.1. The molecular weight excluding hydrogens is 246 g/mol. The number of fused-ring (bicyclic) bond motifs is 1. The topological polar surface area (TPSA) is 23.5 Å². The van der Waals surface area contributed by atoms with Crippen molar-refractivity contribution in [3.05, 3.63) is 35.9 Å². The average Bonchev–Trinajstić information content (AvgIpc) is 2.91. The highest BCUT2D eigenvalue weighted by molar-refractivity contribution is 5.25. The van der Waals surface area contributed by atoms with Crippen LogP contribution in [0.4, 0.5) is 0 Å². The van der Waals surface area contributed by atoms with E-state index in [0.29, 0.717) is 0 Å². The first-order chi connectivity index (χ1) is 9.73. The highest BCUT2D eigenvalue weighted by Crippen LogP contribution is 2.38. The second-order valence-corrected chi connectivity index (χ2v) is 6.96. The largest absolute Gasteiger partial charge is 0.395 e. The van der Waals surface area contributed by atoms with Crippen molar-refractivity contribution < 1.29 is 5.11 Å². The van der Waals surface area contributed by atoms with Crippen molar-refractivity contribution in [2.24, 2.45) is 5.92 Å². The van der Waals surface area contributed by atoms with Crippen molar-refractivity contribution in [3.63, 3.8) is 0 Å². The fourth-order valence-electron chi connectivity index (χ4n) is 4.22. The Hall–Kier alpha value is -0.860. The lowest BCUT2D eigenvalue weighted by Crippen LogP contribution is -2.45. The van der Waals surface area contributed by atoms with Gasteiger partial charge in [0.1, 0.15) is 0 Å². The molecule has 1 aromatic rings. The molecule has 2 aliphatic rings. The Bertz CT molecular complexity index is 432. The number of nitrogens with zero attached hydrogens (tertiary/aromatic N) is 1. The first-order valence-corrected chi connectivity index (χ1v) is 8.13. The van der Waals surface area contributed by atoms with Crippen molar-refractivity contribution in [1.29, 1.82) is 0 Å². The Kier molecular flexibility index (Phi) is 4.13. The Labute approximate surface area is 122 Å². The monoisotopic (exact) mass is 273 g/mol. The number of likely N-dealkylation sites (tertiary alicyclic amines) is 1. The average molecular weight is 273 g/mol. The maximum atomic E-state index is 9.97. The molecule has 1 aromatic carbocycles. The van der Waals surface area contributed by atoms with Gasteiger partial charge in [-0.2, -0.15) is 0 Å². The van der Waals surface area contributed by atoms with E-state index in [1.54, 1.807) is 0 Å². The summed E-state index contributed by atoms with van der Waals surface area (Å²) in [6.07, 6.45) is 6.95. The fourth-order valence-corrected chi connectivity index (χ4v) is 4.22. The van der Waals surface area contributed by atoms with E-state index < -0.39 is 0 Å². The molecular formula is C18H27NO. The van der Waals surface area contributed by atoms with Gasteiger partial charge in [0.2, 0.25) is 0 Å². The molecule has 1 N–H and O–H groups in total. The fraction of sp³-hybridized carbons (Fsp3) is 0.667. The van der Waals surface area contributed by atoms with Crippen LogP contribution in [0.2, 0.25) is 0 Å². The van der Waals surface area contributed by atoms with Gasteiger partial charge in [0, 0.05) is 18.0 Å². The molecule has 0 bridgehead atoms. The van der Waals surface area contributed by atoms with Crippen molar-refractivity contribution >= 4 is 0 Å². The van der Waals surface area contributed by atoms with Crippen molar-refractivity contribution in [1.82, 2.24) is 4.90 Å². The molecule has 110 valence electrons. The Morgan fingerprint density at radius 2 is 1.90 bits per heavy atom. The van der Waals surface area contributed by atoms with E-state index in [2.05, 4.69) is 36.1 Å². The van der Waals surface area contributed by atoms with Crippen molar-refractivity contribution in [2.75, 3.05) is 19.7 Å².